The molecule has 1 rings (SSSR count). The van der Waals surface area contributed by atoms with Crippen LogP contribution in [0.1, 0.15) is 5.76 Å². The van der Waals surface area contributed by atoms with E-state index < -0.39 is 23.6 Å². The molecule has 0 spiro atoms. The summed E-state index contributed by atoms with van der Waals surface area (Å²) in [6.45, 7) is 0. The monoisotopic (exact) mass is 172 g/mol. The van der Waals surface area contributed by atoms with Crippen LogP contribution >= 0.6 is 0 Å². The van der Waals surface area contributed by atoms with E-state index >= 15 is 0 Å². The lowest BCUT2D eigenvalue weighted by molar-refractivity contribution is -0.136. The maximum absolute atomic E-state index is 10.5. The summed E-state index contributed by atoms with van der Waals surface area (Å²) < 4.78 is 8.44. The summed E-state index contributed by atoms with van der Waals surface area (Å²) in [5.41, 5.74) is -2.35. The molecular weight excluding hydrogens is 168 g/mol. The minimum absolute atomic E-state index is 0.188. The van der Waals surface area contributed by atoms with Gasteiger partial charge in [-0.1, -0.05) is 0 Å². The van der Waals surface area contributed by atoms with Gasteiger partial charge in [-0.25, -0.2) is 9.59 Å². The topological polar surface area (TPSA) is 97.7 Å². The summed E-state index contributed by atoms with van der Waals surface area (Å²) in [6.07, 6.45) is 0.316. The zero-order valence-electron chi connectivity index (χ0n) is 5.77. The van der Waals surface area contributed by atoms with Crippen molar-refractivity contribution in [3.05, 3.63) is 32.9 Å². The summed E-state index contributed by atoms with van der Waals surface area (Å²) in [4.78, 5) is 30.9. The molecule has 0 aliphatic carbocycles. The van der Waals surface area contributed by atoms with Gasteiger partial charge in [0.2, 0.25) is 0 Å². The van der Waals surface area contributed by atoms with Gasteiger partial charge in [0.15, 0.2) is 5.76 Å². The van der Waals surface area contributed by atoms with Gasteiger partial charge in [-0.2, -0.15) is 0 Å². The van der Waals surface area contributed by atoms with E-state index in [-0.39, 0.29) is 5.76 Å². The molecule has 0 aromatic carbocycles. The van der Waals surface area contributed by atoms with Gasteiger partial charge in [-0.05, 0) is 0 Å². The molecule has 0 aliphatic rings. The number of rotatable bonds is 2. The lowest BCUT2D eigenvalue weighted by Crippen LogP contribution is -2.22. The van der Waals surface area contributed by atoms with Gasteiger partial charge in [0.25, 0.3) is 0 Å². The molecule has 0 bridgehead atoms. The third-order valence-corrected chi connectivity index (χ3v) is 1.01. The van der Waals surface area contributed by atoms with Crippen LogP contribution in [-0.4, -0.2) is 11.1 Å². The largest absolute Gasteiger partial charge is 0.481 e. The molecule has 0 atom stereocenters. The van der Waals surface area contributed by atoms with Crippen molar-refractivity contribution < 1.29 is 18.7 Å². The first-order valence-corrected chi connectivity index (χ1v) is 2.93. The molecule has 12 heavy (non-hydrogen) atoms. The van der Waals surface area contributed by atoms with Crippen LogP contribution in [0.5, 0.6) is 0 Å². The molecule has 0 saturated carbocycles. The Hall–Kier alpha value is -1.85. The van der Waals surface area contributed by atoms with Gasteiger partial charge < -0.3 is 13.9 Å². The Bertz CT molecular complexity index is 397. The predicted molar refractivity (Wildman–Crippen MR) is 34.9 cm³/mol. The molecule has 0 amide bonds. The fourth-order valence-corrected chi connectivity index (χ4v) is 0.579. The fourth-order valence-electron chi connectivity index (χ4n) is 0.579. The Balaban J connectivity index is 3.06. The van der Waals surface area contributed by atoms with Gasteiger partial charge in [0.1, 0.15) is 12.7 Å². The average Bonchev–Trinajstić information content (AvgIpc) is 1.96. The van der Waals surface area contributed by atoms with Gasteiger partial charge in [-0.15, -0.1) is 0 Å². The molecular formula is C6H4O6. The first-order valence-electron chi connectivity index (χ1n) is 2.93. The quantitative estimate of drug-likeness (QED) is 0.587. The molecule has 1 heterocycles. The van der Waals surface area contributed by atoms with Crippen LogP contribution in [0, 0.1) is 0 Å². The molecule has 0 aliphatic heterocycles. The fraction of sp³-hybridized carbons (Fsp3) is 0.167. The molecule has 0 radical (unpaired) electrons. The molecule has 6 nitrogen and oxygen atoms in total. The van der Waals surface area contributed by atoms with E-state index in [9.17, 15) is 14.4 Å². The number of hydrogen-bond donors (Lipinski definition) is 1. The molecule has 64 valence electrons. The number of carbonyl (C=O) groups is 1. The highest BCUT2D eigenvalue weighted by Gasteiger charge is 2.06. The summed E-state index contributed by atoms with van der Waals surface area (Å²) in [7, 11) is 0. The van der Waals surface area contributed by atoms with Gasteiger partial charge >= 0.3 is 17.2 Å². The van der Waals surface area contributed by atoms with Crippen molar-refractivity contribution in [2.75, 3.05) is 0 Å². The van der Waals surface area contributed by atoms with Crippen LogP contribution in [0.3, 0.4) is 0 Å². The Labute approximate surface area is 65.0 Å². The molecule has 1 N–H and O–H groups in total. The smallest absolute Gasteiger partial charge is 0.423 e. The number of carboxylic acids is 1. The van der Waals surface area contributed by atoms with Crippen LogP contribution in [0.2, 0.25) is 0 Å². The molecule has 6 heteroatoms. The van der Waals surface area contributed by atoms with Gasteiger partial charge in [0.05, 0.1) is 0 Å². The number of aliphatic carboxylic acids is 1. The second kappa shape index (κ2) is 3.04. The molecule has 0 unspecified atom stereocenters. The van der Waals surface area contributed by atoms with E-state index in [1.54, 1.807) is 0 Å². The standard InChI is InChI=1S/C6H4O6/c7-4(8)1-3-2-11-5(9)6(10)12-3/h2H,1H2,(H,7,8). The van der Waals surface area contributed by atoms with Crippen molar-refractivity contribution in [3.8, 4) is 0 Å². The molecule has 1 aromatic heterocycles. The van der Waals surface area contributed by atoms with Crippen molar-refractivity contribution in [3.63, 3.8) is 0 Å². The Kier molecular flexibility index (Phi) is 2.09. The third-order valence-electron chi connectivity index (χ3n) is 1.01. The molecule has 1 aromatic rings. The second-order valence-corrected chi connectivity index (χ2v) is 1.95. The zero-order valence-corrected chi connectivity index (χ0v) is 5.77. The van der Waals surface area contributed by atoms with Crippen molar-refractivity contribution in [2.45, 2.75) is 6.42 Å². The van der Waals surface area contributed by atoms with Crippen LogP contribution < -0.4 is 11.3 Å². The third kappa shape index (κ3) is 1.82. The van der Waals surface area contributed by atoms with E-state index in [2.05, 4.69) is 8.83 Å². The van der Waals surface area contributed by atoms with E-state index in [1.165, 1.54) is 0 Å². The minimum atomic E-state index is -1.20. The van der Waals surface area contributed by atoms with E-state index in [4.69, 9.17) is 5.11 Å². The highest BCUT2D eigenvalue weighted by Crippen LogP contribution is 1.92. The Morgan fingerprint density at radius 2 is 2.08 bits per heavy atom. The molecule has 0 saturated heterocycles. The van der Waals surface area contributed by atoms with E-state index in [0.717, 1.165) is 6.26 Å². The summed E-state index contributed by atoms with van der Waals surface area (Å²) >= 11 is 0. The van der Waals surface area contributed by atoms with Gasteiger partial charge in [0, 0.05) is 0 Å². The normalized spacial score (nSPS) is 9.67. The highest BCUT2D eigenvalue weighted by atomic mass is 16.5. The number of carboxylic acid groups (broad SMARTS) is 1. The summed E-state index contributed by atoms with van der Waals surface area (Å²) in [5.74, 6) is -1.36. The lowest BCUT2D eigenvalue weighted by Gasteiger charge is -1.90. The first kappa shape index (κ1) is 8.25. The zero-order chi connectivity index (χ0) is 9.14. The number of hydrogen-bond acceptors (Lipinski definition) is 5. The SMILES string of the molecule is O=C(O)Cc1coc(=O)c(=O)o1. The average molecular weight is 172 g/mol. The van der Waals surface area contributed by atoms with Crippen molar-refractivity contribution in [2.24, 2.45) is 0 Å². The van der Waals surface area contributed by atoms with Crippen LogP contribution in [0.4, 0.5) is 0 Å². The van der Waals surface area contributed by atoms with Crippen LogP contribution in [0.25, 0.3) is 0 Å². The molecule has 0 fully saturated rings. The van der Waals surface area contributed by atoms with Crippen molar-refractivity contribution in [1.82, 2.24) is 0 Å². The van der Waals surface area contributed by atoms with Crippen LogP contribution in [0.15, 0.2) is 24.7 Å². The maximum Gasteiger partial charge on any atom is 0.423 e. The van der Waals surface area contributed by atoms with E-state index in [1.807, 2.05) is 0 Å². The predicted octanol–water partition coefficient (Wildman–Crippen LogP) is -0.780. The van der Waals surface area contributed by atoms with Crippen molar-refractivity contribution >= 4 is 5.97 Å². The Morgan fingerprint density at radius 3 is 2.58 bits per heavy atom. The summed E-state index contributed by atoms with van der Waals surface area (Å²) in [5, 5.41) is 8.25. The first-order chi connectivity index (χ1) is 5.59. The Morgan fingerprint density at radius 1 is 1.42 bits per heavy atom. The van der Waals surface area contributed by atoms with Gasteiger partial charge in [-0.3, -0.25) is 4.79 Å². The summed E-state index contributed by atoms with van der Waals surface area (Å²) in [6, 6.07) is 0. The second-order valence-electron chi connectivity index (χ2n) is 1.95. The van der Waals surface area contributed by atoms with E-state index in [0.29, 0.717) is 0 Å². The van der Waals surface area contributed by atoms with Crippen LogP contribution in [-0.2, 0) is 11.2 Å². The maximum atomic E-state index is 10.5. The van der Waals surface area contributed by atoms with Crippen molar-refractivity contribution in [1.29, 1.82) is 0 Å². The minimum Gasteiger partial charge on any atom is -0.481 e. The highest BCUT2D eigenvalue weighted by molar-refractivity contribution is 5.69. The lowest BCUT2D eigenvalue weighted by atomic mass is 10.4.